The molecule has 2 rings (SSSR count). The zero-order valence-electron chi connectivity index (χ0n) is 12.2. The second kappa shape index (κ2) is 6.28. The van der Waals surface area contributed by atoms with Crippen molar-refractivity contribution in [2.45, 2.75) is 20.0 Å². The predicted molar refractivity (Wildman–Crippen MR) is 89.4 cm³/mol. The molecule has 0 bridgehead atoms. The van der Waals surface area contributed by atoms with Gasteiger partial charge in [-0.25, -0.2) is 0 Å². The van der Waals surface area contributed by atoms with Gasteiger partial charge in [0.15, 0.2) is 8.07 Å². The molecule has 0 atom stereocenters. The lowest BCUT2D eigenvalue weighted by Gasteiger charge is -2.14. The summed E-state index contributed by atoms with van der Waals surface area (Å²) in [5, 5.41) is 1.37. The van der Waals surface area contributed by atoms with Gasteiger partial charge < -0.3 is 0 Å². The van der Waals surface area contributed by atoms with Crippen LogP contribution in [0, 0.1) is 23.3 Å². The van der Waals surface area contributed by atoms with Gasteiger partial charge in [-0.1, -0.05) is 61.3 Å². The Labute approximate surface area is 122 Å². The van der Waals surface area contributed by atoms with Crippen molar-refractivity contribution in [3.63, 3.8) is 0 Å². The standard InChI is InChI=1S/C19H18Si/c1-4-9-17-10-8-11-18(16-17)14-15-20(2,3)19-12-6-5-7-13-19/h5-8,10-13,16H,1-3H3. The summed E-state index contributed by atoms with van der Waals surface area (Å²) in [6, 6.07) is 18.7. The molecule has 98 valence electrons. The maximum atomic E-state index is 3.50. The van der Waals surface area contributed by atoms with Crippen LogP contribution in [0.15, 0.2) is 54.6 Å². The van der Waals surface area contributed by atoms with E-state index in [1.165, 1.54) is 5.19 Å². The van der Waals surface area contributed by atoms with Crippen molar-refractivity contribution in [1.82, 2.24) is 0 Å². The van der Waals surface area contributed by atoms with Crippen molar-refractivity contribution in [3.8, 4) is 23.3 Å². The molecule has 0 aromatic heterocycles. The van der Waals surface area contributed by atoms with E-state index in [-0.39, 0.29) is 0 Å². The fourth-order valence-corrected chi connectivity index (χ4v) is 3.60. The molecule has 0 saturated carbocycles. The minimum absolute atomic E-state index is 1.03. The molecule has 0 aliphatic carbocycles. The van der Waals surface area contributed by atoms with Crippen LogP contribution in [0.2, 0.25) is 13.1 Å². The highest BCUT2D eigenvalue weighted by Gasteiger charge is 2.20. The number of benzene rings is 2. The second-order valence-corrected chi connectivity index (χ2v) is 9.27. The minimum Gasteiger partial charge on any atom is -0.121 e. The molecule has 0 fully saturated rings. The van der Waals surface area contributed by atoms with Crippen molar-refractivity contribution in [2.24, 2.45) is 0 Å². The van der Waals surface area contributed by atoms with Crippen LogP contribution in [-0.2, 0) is 0 Å². The lowest BCUT2D eigenvalue weighted by Crippen LogP contribution is -2.39. The van der Waals surface area contributed by atoms with Crippen LogP contribution < -0.4 is 5.19 Å². The predicted octanol–water partition coefficient (Wildman–Crippen LogP) is 3.56. The monoisotopic (exact) mass is 274 g/mol. The van der Waals surface area contributed by atoms with Crippen LogP contribution in [0.25, 0.3) is 0 Å². The smallest absolute Gasteiger partial charge is 0.121 e. The third-order valence-electron chi connectivity index (χ3n) is 3.15. The summed E-state index contributed by atoms with van der Waals surface area (Å²) in [6.45, 7) is 6.42. The molecule has 0 aliphatic rings. The number of rotatable bonds is 1. The van der Waals surface area contributed by atoms with E-state index in [2.05, 4.69) is 66.7 Å². The van der Waals surface area contributed by atoms with Gasteiger partial charge in [0.2, 0.25) is 0 Å². The largest absolute Gasteiger partial charge is 0.163 e. The van der Waals surface area contributed by atoms with Gasteiger partial charge in [-0.3, -0.25) is 0 Å². The van der Waals surface area contributed by atoms with E-state index in [1.807, 2.05) is 31.2 Å². The third-order valence-corrected chi connectivity index (χ3v) is 5.67. The van der Waals surface area contributed by atoms with Crippen LogP contribution in [0.5, 0.6) is 0 Å². The fraction of sp³-hybridized carbons (Fsp3) is 0.158. The van der Waals surface area contributed by atoms with Crippen LogP contribution in [0.3, 0.4) is 0 Å². The average molecular weight is 274 g/mol. The van der Waals surface area contributed by atoms with Crippen LogP contribution in [0.1, 0.15) is 18.1 Å². The van der Waals surface area contributed by atoms with E-state index >= 15 is 0 Å². The highest BCUT2D eigenvalue weighted by atomic mass is 28.3. The van der Waals surface area contributed by atoms with Crippen molar-refractivity contribution in [1.29, 1.82) is 0 Å². The van der Waals surface area contributed by atoms with Crippen LogP contribution in [0.4, 0.5) is 0 Å². The van der Waals surface area contributed by atoms with E-state index in [0.29, 0.717) is 0 Å². The summed E-state index contributed by atoms with van der Waals surface area (Å²) in [5.41, 5.74) is 5.57. The molecule has 0 radical (unpaired) electrons. The highest BCUT2D eigenvalue weighted by molar-refractivity contribution is 6.96. The average Bonchev–Trinajstić information content (AvgIpc) is 2.47. The maximum Gasteiger partial charge on any atom is 0.163 e. The Morgan fingerprint density at radius 3 is 2.10 bits per heavy atom. The SMILES string of the molecule is CC#Cc1cccc(C#C[Si](C)(C)c2ccccc2)c1. The number of hydrogen-bond acceptors (Lipinski definition) is 0. The van der Waals surface area contributed by atoms with E-state index in [4.69, 9.17) is 0 Å². The first kappa shape index (κ1) is 14.2. The Hall–Kier alpha value is -2.22. The molecule has 0 heterocycles. The second-order valence-electron chi connectivity index (χ2n) is 5.20. The Morgan fingerprint density at radius 1 is 0.800 bits per heavy atom. The van der Waals surface area contributed by atoms with Gasteiger partial charge in [0, 0.05) is 11.1 Å². The Bertz CT molecular complexity index is 704. The lowest BCUT2D eigenvalue weighted by atomic mass is 10.1. The normalized spacial score (nSPS) is 9.95. The molecule has 0 nitrogen and oxygen atoms in total. The highest BCUT2D eigenvalue weighted by Crippen LogP contribution is 2.05. The molecule has 2 aromatic carbocycles. The van der Waals surface area contributed by atoms with E-state index in [1.54, 1.807) is 0 Å². The molecule has 0 aliphatic heterocycles. The first-order valence-electron chi connectivity index (χ1n) is 6.73. The van der Waals surface area contributed by atoms with Gasteiger partial charge >= 0.3 is 0 Å². The van der Waals surface area contributed by atoms with Crippen molar-refractivity contribution < 1.29 is 0 Å². The molecule has 0 saturated heterocycles. The molecule has 0 unspecified atom stereocenters. The zero-order valence-corrected chi connectivity index (χ0v) is 13.2. The summed E-state index contributed by atoms with van der Waals surface area (Å²) in [5.74, 6) is 9.32. The van der Waals surface area contributed by atoms with Gasteiger partial charge in [-0.15, -0.1) is 11.5 Å². The van der Waals surface area contributed by atoms with E-state index < -0.39 is 8.07 Å². The minimum atomic E-state index is -1.70. The maximum absolute atomic E-state index is 3.50. The third kappa shape index (κ3) is 3.64. The number of hydrogen-bond donors (Lipinski definition) is 0. The molecule has 0 spiro atoms. The summed E-state index contributed by atoms with van der Waals surface area (Å²) < 4.78 is 0. The Balaban J connectivity index is 2.30. The topological polar surface area (TPSA) is 0 Å². The lowest BCUT2D eigenvalue weighted by molar-refractivity contribution is 1.60. The molecule has 20 heavy (non-hydrogen) atoms. The van der Waals surface area contributed by atoms with Crippen LogP contribution in [-0.4, -0.2) is 8.07 Å². The first-order chi connectivity index (χ1) is 9.62. The van der Waals surface area contributed by atoms with Crippen molar-refractivity contribution in [3.05, 3.63) is 65.7 Å². The van der Waals surface area contributed by atoms with Gasteiger partial charge in [-0.2, -0.15) is 0 Å². The van der Waals surface area contributed by atoms with Gasteiger partial charge in [-0.05, 0) is 30.3 Å². The van der Waals surface area contributed by atoms with Gasteiger partial charge in [0.1, 0.15) is 0 Å². The van der Waals surface area contributed by atoms with E-state index in [0.717, 1.165) is 11.1 Å². The van der Waals surface area contributed by atoms with Crippen molar-refractivity contribution in [2.75, 3.05) is 0 Å². The zero-order chi connectivity index (χ0) is 14.4. The van der Waals surface area contributed by atoms with E-state index in [9.17, 15) is 0 Å². The fourth-order valence-electron chi connectivity index (χ4n) is 1.97. The molecular weight excluding hydrogens is 256 g/mol. The Kier molecular flexibility index (Phi) is 4.46. The Morgan fingerprint density at radius 2 is 1.45 bits per heavy atom. The molecule has 1 heteroatoms. The molecule has 2 aromatic rings. The molecular formula is C19H18Si. The summed E-state index contributed by atoms with van der Waals surface area (Å²) in [7, 11) is -1.70. The van der Waals surface area contributed by atoms with Crippen molar-refractivity contribution >= 4 is 13.3 Å². The van der Waals surface area contributed by atoms with Crippen LogP contribution >= 0.6 is 0 Å². The quantitative estimate of drug-likeness (QED) is 0.551. The summed E-state index contributed by atoms with van der Waals surface area (Å²) >= 11 is 0. The summed E-state index contributed by atoms with van der Waals surface area (Å²) in [6.07, 6.45) is 0. The van der Waals surface area contributed by atoms with Gasteiger partial charge in [0.25, 0.3) is 0 Å². The summed E-state index contributed by atoms with van der Waals surface area (Å²) in [4.78, 5) is 0. The molecule has 0 amide bonds. The van der Waals surface area contributed by atoms with Gasteiger partial charge in [0.05, 0.1) is 0 Å². The molecule has 0 N–H and O–H groups in total. The first-order valence-corrected chi connectivity index (χ1v) is 9.73.